The average Bonchev–Trinajstić information content (AvgIpc) is 3.16. The van der Waals surface area contributed by atoms with Gasteiger partial charge in [-0.05, 0) is 43.9 Å². The molecule has 104 valence electrons. The van der Waals surface area contributed by atoms with Gasteiger partial charge in [0.2, 0.25) is 5.91 Å². The molecule has 0 aliphatic heterocycles. The molecule has 4 heteroatoms. The van der Waals surface area contributed by atoms with Gasteiger partial charge >= 0.3 is 0 Å². The zero-order valence-electron chi connectivity index (χ0n) is 11.3. The molecule has 1 unspecified atom stereocenters. The van der Waals surface area contributed by atoms with Crippen molar-refractivity contribution in [3.8, 4) is 0 Å². The van der Waals surface area contributed by atoms with E-state index in [1.807, 2.05) is 24.3 Å². The van der Waals surface area contributed by atoms with Gasteiger partial charge < -0.3 is 10.6 Å². The number of carbonyl (C=O) groups is 1. The van der Waals surface area contributed by atoms with Crippen LogP contribution in [0.1, 0.15) is 31.7 Å². The molecule has 1 atom stereocenters. The summed E-state index contributed by atoms with van der Waals surface area (Å²) < 4.78 is 0. The van der Waals surface area contributed by atoms with Crippen molar-refractivity contribution in [2.45, 2.75) is 44.7 Å². The summed E-state index contributed by atoms with van der Waals surface area (Å²) in [6.07, 6.45) is 3.79. The summed E-state index contributed by atoms with van der Waals surface area (Å²) in [4.78, 5) is 11.5. The second-order valence-electron chi connectivity index (χ2n) is 5.28. The van der Waals surface area contributed by atoms with Crippen molar-refractivity contribution in [2.24, 2.45) is 0 Å². The zero-order chi connectivity index (χ0) is 13.7. The Morgan fingerprint density at radius 1 is 1.37 bits per heavy atom. The Hall–Kier alpha value is -1.06. The number of rotatable bonds is 7. The number of carbonyl (C=O) groups excluding carboxylic acids is 1. The van der Waals surface area contributed by atoms with Gasteiger partial charge in [-0.2, -0.15) is 0 Å². The van der Waals surface area contributed by atoms with Crippen LogP contribution in [0.25, 0.3) is 0 Å². The average molecular weight is 281 g/mol. The maximum Gasteiger partial charge on any atom is 0.221 e. The molecule has 0 spiro atoms. The SMILES string of the molecule is CC(Cc1ccc(Cl)cc1)NCCC(=O)NC1CC1. The molecule has 1 aliphatic carbocycles. The molecule has 1 aliphatic rings. The van der Waals surface area contributed by atoms with E-state index < -0.39 is 0 Å². The van der Waals surface area contributed by atoms with Gasteiger partial charge in [0.05, 0.1) is 0 Å². The van der Waals surface area contributed by atoms with E-state index in [0.717, 1.165) is 30.8 Å². The predicted octanol–water partition coefficient (Wildman–Crippen LogP) is 2.53. The first-order valence-electron chi connectivity index (χ1n) is 6.90. The van der Waals surface area contributed by atoms with E-state index in [2.05, 4.69) is 17.6 Å². The Kier molecular flexibility index (Phi) is 5.23. The summed E-state index contributed by atoms with van der Waals surface area (Å²) in [6.45, 7) is 2.86. The number of amides is 1. The second kappa shape index (κ2) is 6.92. The van der Waals surface area contributed by atoms with Gasteiger partial charge in [-0.25, -0.2) is 0 Å². The lowest BCUT2D eigenvalue weighted by Crippen LogP contribution is -2.33. The van der Waals surface area contributed by atoms with Crippen LogP contribution in [0.15, 0.2) is 24.3 Å². The van der Waals surface area contributed by atoms with Crippen molar-refractivity contribution in [2.75, 3.05) is 6.54 Å². The fourth-order valence-corrected chi connectivity index (χ4v) is 2.13. The van der Waals surface area contributed by atoms with E-state index in [9.17, 15) is 4.79 Å². The highest BCUT2D eigenvalue weighted by Crippen LogP contribution is 2.18. The molecular formula is C15H21ClN2O. The summed E-state index contributed by atoms with van der Waals surface area (Å²) in [5, 5.41) is 7.13. The van der Waals surface area contributed by atoms with Gasteiger partial charge in [0.25, 0.3) is 0 Å². The second-order valence-corrected chi connectivity index (χ2v) is 5.71. The number of hydrogen-bond donors (Lipinski definition) is 2. The van der Waals surface area contributed by atoms with Gasteiger partial charge in [-0.15, -0.1) is 0 Å². The summed E-state index contributed by atoms with van der Waals surface area (Å²) in [5.41, 5.74) is 1.26. The molecule has 0 radical (unpaired) electrons. The Morgan fingerprint density at radius 2 is 2.05 bits per heavy atom. The molecule has 1 saturated carbocycles. The monoisotopic (exact) mass is 280 g/mol. The third-order valence-electron chi connectivity index (χ3n) is 3.24. The largest absolute Gasteiger partial charge is 0.353 e. The smallest absolute Gasteiger partial charge is 0.221 e. The van der Waals surface area contributed by atoms with E-state index in [1.54, 1.807) is 0 Å². The Bertz CT molecular complexity index is 415. The Labute approximate surface area is 119 Å². The molecule has 0 aromatic heterocycles. The first kappa shape index (κ1) is 14.4. The molecule has 0 saturated heterocycles. The van der Waals surface area contributed by atoms with E-state index in [1.165, 1.54) is 5.56 Å². The van der Waals surface area contributed by atoms with Crippen LogP contribution < -0.4 is 10.6 Å². The van der Waals surface area contributed by atoms with Crippen LogP contribution in [-0.2, 0) is 11.2 Å². The van der Waals surface area contributed by atoms with Gasteiger partial charge in [-0.1, -0.05) is 23.7 Å². The Morgan fingerprint density at radius 3 is 2.68 bits per heavy atom. The van der Waals surface area contributed by atoms with Gasteiger partial charge in [0, 0.05) is 30.1 Å². The molecule has 1 amide bonds. The highest BCUT2D eigenvalue weighted by Gasteiger charge is 2.22. The molecule has 0 heterocycles. The number of benzene rings is 1. The molecule has 19 heavy (non-hydrogen) atoms. The van der Waals surface area contributed by atoms with E-state index in [0.29, 0.717) is 18.5 Å². The lowest BCUT2D eigenvalue weighted by atomic mass is 10.1. The fourth-order valence-electron chi connectivity index (χ4n) is 2.01. The minimum absolute atomic E-state index is 0.161. The lowest BCUT2D eigenvalue weighted by molar-refractivity contribution is -0.121. The quantitative estimate of drug-likeness (QED) is 0.806. The minimum Gasteiger partial charge on any atom is -0.353 e. The zero-order valence-corrected chi connectivity index (χ0v) is 12.0. The summed E-state index contributed by atoms with van der Waals surface area (Å²) in [5.74, 6) is 0.161. The fraction of sp³-hybridized carbons (Fsp3) is 0.533. The van der Waals surface area contributed by atoms with Gasteiger partial charge in [-0.3, -0.25) is 4.79 Å². The third kappa shape index (κ3) is 5.62. The maximum absolute atomic E-state index is 11.5. The minimum atomic E-state index is 0.161. The number of nitrogens with one attached hydrogen (secondary N) is 2. The van der Waals surface area contributed by atoms with Crippen molar-refractivity contribution in [1.29, 1.82) is 0 Å². The standard InChI is InChI=1S/C15H21ClN2O/c1-11(10-12-2-4-13(16)5-3-12)17-9-8-15(19)18-14-6-7-14/h2-5,11,14,17H,6-10H2,1H3,(H,18,19). The first-order valence-corrected chi connectivity index (χ1v) is 7.28. The van der Waals surface area contributed by atoms with Crippen LogP contribution in [0.2, 0.25) is 5.02 Å². The van der Waals surface area contributed by atoms with Crippen molar-refractivity contribution in [3.05, 3.63) is 34.9 Å². The highest BCUT2D eigenvalue weighted by atomic mass is 35.5. The number of halogens is 1. The molecule has 2 N–H and O–H groups in total. The topological polar surface area (TPSA) is 41.1 Å². The van der Waals surface area contributed by atoms with Crippen LogP contribution in [0.5, 0.6) is 0 Å². The maximum atomic E-state index is 11.5. The molecular weight excluding hydrogens is 260 g/mol. The van der Waals surface area contributed by atoms with E-state index in [-0.39, 0.29) is 5.91 Å². The predicted molar refractivity (Wildman–Crippen MR) is 78.4 cm³/mol. The third-order valence-corrected chi connectivity index (χ3v) is 3.49. The van der Waals surface area contributed by atoms with E-state index >= 15 is 0 Å². The molecule has 0 bridgehead atoms. The molecule has 1 fully saturated rings. The number of hydrogen-bond acceptors (Lipinski definition) is 2. The summed E-state index contributed by atoms with van der Waals surface area (Å²) >= 11 is 5.85. The van der Waals surface area contributed by atoms with Crippen LogP contribution in [-0.4, -0.2) is 24.5 Å². The van der Waals surface area contributed by atoms with Crippen LogP contribution >= 0.6 is 11.6 Å². The lowest BCUT2D eigenvalue weighted by Gasteiger charge is -2.13. The molecule has 1 aromatic rings. The van der Waals surface area contributed by atoms with E-state index in [4.69, 9.17) is 11.6 Å². The van der Waals surface area contributed by atoms with Gasteiger partial charge in [0.1, 0.15) is 0 Å². The van der Waals surface area contributed by atoms with Crippen LogP contribution in [0, 0.1) is 0 Å². The molecule has 2 rings (SSSR count). The van der Waals surface area contributed by atoms with Crippen LogP contribution in [0.3, 0.4) is 0 Å². The normalized spacial score (nSPS) is 16.1. The van der Waals surface area contributed by atoms with Crippen molar-refractivity contribution < 1.29 is 4.79 Å². The van der Waals surface area contributed by atoms with Crippen LogP contribution in [0.4, 0.5) is 0 Å². The first-order chi connectivity index (χ1) is 9.13. The summed E-state index contributed by atoms with van der Waals surface area (Å²) in [7, 11) is 0. The molecule has 3 nitrogen and oxygen atoms in total. The van der Waals surface area contributed by atoms with Crippen molar-refractivity contribution in [1.82, 2.24) is 10.6 Å². The Balaban J connectivity index is 1.62. The van der Waals surface area contributed by atoms with Crippen molar-refractivity contribution >= 4 is 17.5 Å². The van der Waals surface area contributed by atoms with Gasteiger partial charge in [0.15, 0.2) is 0 Å². The molecule has 1 aromatic carbocycles. The summed E-state index contributed by atoms with van der Waals surface area (Å²) in [6, 6.07) is 8.72. The van der Waals surface area contributed by atoms with Crippen molar-refractivity contribution in [3.63, 3.8) is 0 Å². The highest BCUT2D eigenvalue weighted by molar-refractivity contribution is 6.30.